The number of nitrogens with zero attached hydrogens (tertiary/aromatic N) is 2. The van der Waals surface area contributed by atoms with E-state index < -0.39 is 0 Å². The lowest BCUT2D eigenvalue weighted by Gasteiger charge is -2.49. The van der Waals surface area contributed by atoms with Crippen LogP contribution in [0.3, 0.4) is 0 Å². The zero-order valence-corrected chi connectivity index (χ0v) is 11.6. The van der Waals surface area contributed by atoms with Crippen molar-refractivity contribution in [3.05, 3.63) is 17.8 Å². The van der Waals surface area contributed by atoms with Gasteiger partial charge in [-0.2, -0.15) is 0 Å². The lowest BCUT2D eigenvalue weighted by molar-refractivity contribution is 0.169. The minimum Gasteiger partial charge on any atom is -0.487 e. The average molecular weight is 246 g/mol. The van der Waals surface area contributed by atoms with Gasteiger partial charge in [-0.05, 0) is 38.2 Å². The van der Waals surface area contributed by atoms with Crippen molar-refractivity contribution in [3.63, 3.8) is 0 Å². The van der Waals surface area contributed by atoms with Crippen LogP contribution in [0.25, 0.3) is 0 Å². The van der Waals surface area contributed by atoms with Crippen molar-refractivity contribution in [2.45, 2.75) is 51.5 Å². The van der Waals surface area contributed by atoms with Crippen LogP contribution >= 0.6 is 0 Å². The summed E-state index contributed by atoms with van der Waals surface area (Å²) >= 11 is 0. The van der Waals surface area contributed by atoms with Gasteiger partial charge >= 0.3 is 0 Å². The molecule has 3 heteroatoms. The Morgan fingerprint density at radius 2 is 2.22 bits per heavy atom. The Bertz CT molecular complexity index is 458. The molecule has 0 radical (unpaired) electrons. The minimum atomic E-state index is 0.147. The van der Waals surface area contributed by atoms with E-state index in [4.69, 9.17) is 4.74 Å². The fraction of sp³-hybridized carbons (Fsp3) is 0.667. The smallest absolute Gasteiger partial charge is 0.172 e. The topological polar surface area (TPSA) is 25.4 Å². The number of fused-ring (bicyclic) bond motifs is 3. The molecule has 0 spiro atoms. The van der Waals surface area contributed by atoms with Gasteiger partial charge in [0.1, 0.15) is 6.61 Å². The Balaban J connectivity index is 2.07. The van der Waals surface area contributed by atoms with Gasteiger partial charge in [0.25, 0.3) is 0 Å². The first-order valence-corrected chi connectivity index (χ1v) is 7.01. The van der Waals surface area contributed by atoms with Gasteiger partial charge in [0.2, 0.25) is 0 Å². The van der Waals surface area contributed by atoms with Crippen LogP contribution in [0.15, 0.2) is 12.3 Å². The van der Waals surface area contributed by atoms with E-state index in [-0.39, 0.29) is 5.54 Å². The molecule has 0 bridgehead atoms. The fourth-order valence-electron chi connectivity index (χ4n) is 3.17. The monoisotopic (exact) mass is 246 g/mol. The molecule has 1 saturated heterocycles. The summed E-state index contributed by atoms with van der Waals surface area (Å²) in [5, 5.41) is 0. The van der Waals surface area contributed by atoms with Crippen LogP contribution in [0.4, 0.5) is 5.82 Å². The molecule has 1 atom stereocenters. The lowest BCUT2D eigenvalue weighted by atomic mass is 9.87. The zero-order valence-electron chi connectivity index (χ0n) is 11.6. The summed E-state index contributed by atoms with van der Waals surface area (Å²) in [7, 11) is 0. The number of anilines is 1. The van der Waals surface area contributed by atoms with Crippen molar-refractivity contribution in [1.82, 2.24) is 4.98 Å². The van der Waals surface area contributed by atoms with Gasteiger partial charge in [-0.15, -0.1) is 0 Å². The van der Waals surface area contributed by atoms with Crippen LogP contribution in [0, 0.1) is 0 Å². The van der Waals surface area contributed by atoms with Gasteiger partial charge in [-0.25, -0.2) is 4.98 Å². The van der Waals surface area contributed by atoms with Gasteiger partial charge in [-0.3, -0.25) is 0 Å². The third-order valence-corrected chi connectivity index (χ3v) is 4.32. The second kappa shape index (κ2) is 4.15. The standard InChI is InChI=1S/C15H22N2O/c1-11(2)12-6-8-16-14-13(12)18-10-15(3)7-4-5-9-17(14)15/h6,8,11H,4-5,7,9-10H2,1-3H3/t15-/m1/s1. The first kappa shape index (κ1) is 11.8. The SMILES string of the molecule is CC(C)c1ccnc2c1OC[C@@]1(C)CCCCN21. The van der Waals surface area contributed by atoms with E-state index in [9.17, 15) is 0 Å². The normalized spacial score (nSPS) is 26.6. The highest BCUT2D eigenvalue weighted by atomic mass is 16.5. The summed E-state index contributed by atoms with van der Waals surface area (Å²) in [5.74, 6) is 2.57. The number of aromatic nitrogens is 1. The van der Waals surface area contributed by atoms with Gasteiger partial charge < -0.3 is 9.64 Å². The number of ether oxygens (including phenoxy) is 1. The molecule has 3 heterocycles. The van der Waals surface area contributed by atoms with Crippen molar-refractivity contribution < 1.29 is 4.74 Å². The molecule has 0 unspecified atom stereocenters. The second-order valence-electron chi connectivity index (χ2n) is 6.10. The van der Waals surface area contributed by atoms with Gasteiger partial charge in [0, 0.05) is 18.3 Å². The number of hydrogen-bond donors (Lipinski definition) is 0. The summed E-state index contributed by atoms with van der Waals surface area (Å²) < 4.78 is 6.08. The van der Waals surface area contributed by atoms with Gasteiger partial charge in [0.15, 0.2) is 11.6 Å². The molecule has 18 heavy (non-hydrogen) atoms. The molecule has 1 aromatic heterocycles. The largest absolute Gasteiger partial charge is 0.487 e. The van der Waals surface area contributed by atoms with E-state index in [0.29, 0.717) is 5.92 Å². The summed E-state index contributed by atoms with van der Waals surface area (Å²) in [5.41, 5.74) is 1.43. The molecular weight excluding hydrogens is 224 g/mol. The Hall–Kier alpha value is -1.25. The molecule has 0 aliphatic carbocycles. The molecule has 3 nitrogen and oxygen atoms in total. The maximum Gasteiger partial charge on any atom is 0.172 e. The predicted molar refractivity (Wildman–Crippen MR) is 73.4 cm³/mol. The van der Waals surface area contributed by atoms with Crippen LogP contribution in [-0.2, 0) is 0 Å². The quantitative estimate of drug-likeness (QED) is 0.760. The van der Waals surface area contributed by atoms with Gasteiger partial charge in [-0.1, -0.05) is 13.8 Å². The minimum absolute atomic E-state index is 0.147. The molecule has 1 aromatic rings. The van der Waals surface area contributed by atoms with E-state index in [1.807, 2.05) is 6.20 Å². The third-order valence-electron chi connectivity index (χ3n) is 4.32. The van der Waals surface area contributed by atoms with Crippen molar-refractivity contribution in [2.24, 2.45) is 0 Å². The van der Waals surface area contributed by atoms with Gasteiger partial charge in [0.05, 0.1) is 5.54 Å². The Labute approximate surface area is 109 Å². The summed E-state index contributed by atoms with van der Waals surface area (Å²) in [6.45, 7) is 8.64. The maximum absolute atomic E-state index is 6.08. The second-order valence-corrected chi connectivity index (χ2v) is 6.10. The van der Waals surface area contributed by atoms with E-state index in [1.54, 1.807) is 0 Å². The van der Waals surface area contributed by atoms with Crippen LogP contribution in [0.1, 0.15) is 51.5 Å². The molecule has 3 rings (SSSR count). The summed E-state index contributed by atoms with van der Waals surface area (Å²) in [6.07, 6.45) is 5.70. The van der Waals surface area contributed by atoms with Crippen LogP contribution < -0.4 is 9.64 Å². The third kappa shape index (κ3) is 1.68. The number of hydrogen-bond acceptors (Lipinski definition) is 3. The van der Waals surface area contributed by atoms with Crippen molar-refractivity contribution in [1.29, 1.82) is 0 Å². The first-order chi connectivity index (χ1) is 8.62. The maximum atomic E-state index is 6.08. The van der Waals surface area contributed by atoms with Crippen molar-refractivity contribution in [2.75, 3.05) is 18.1 Å². The van der Waals surface area contributed by atoms with E-state index in [0.717, 1.165) is 24.7 Å². The van der Waals surface area contributed by atoms with E-state index in [1.165, 1.54) is 24.8 Å². The zero-order chi connectivity index (χ0) is 12.8. The molecule has 0 aromatic carbocycles. The number of pyridine rings is 1. The first-order valence-electron chi connectivity index (χ1n) is 7.01. The summed E-state index contributed by atoms with van der Waals surface area (Å²) in [4.78, 5) is 7.07. The average Bonchev–Trinajstić information content (AvgIpc) is 2.37. The van der Waals surface area contributed by atoms with Crippen LogP contribution in [-0.4, -0.2) is 23.7 Å². The van der Waals surface area contributed by atoms with E-state index in [2.05, 4.69) is 36.7 Å². The number of rotatable bonds is 1. The van der Waals surface area contributed by atoms with Crippen LogP contribution in [0.5, 0.6) is 5.75 Å². The fourth-order valence-corrected chi connectivity index (χ4v) is 3.17. The number of piperidine rings is 1. The molecule has 98 valence electrons. The molecule has 0 saturated carbocycles. The summed E-state index contributed by atoms with van der Waals surface area (Å²) in [6, 6.07) is 2.09. The van der Waals surface area contributed by atoms with Crippen molar-refractivity contribution in [3.8, 4) is 5.75 Å². The highest BCUT2D eigenvalue weighted by Gasteiger charge is 2.41. The van der Waals surface area contributed by atoms with E-state index >= 15 is 0 Å². The molecule has 0 N–H and O–H groups in total. The highest BCUT2D eigenvalue weighted by Crippen LogP contribution is 2.44. The molecular formula is C15H22N2O. The molecule has 2 aliphatic rings. The Morgan fingerprint density at radius 1 is 1.39 bits per heavy atom. The Kier molecular flexibility index (Phi) is 2.72. The predicted octanol–water partition coefficient (Wildman–Crippen LogP) is 3.35. The molecule has 2 aliphatic heterocycles. The van der Waals surface area contributed by atoms with Crippen molar-refractivity contribution >= 4 is 5.82 Å². The molecule has 1 fully saturated rings. The lowest BCUT2D eigenvalue weighted by Crippen LogP contribution is -2.56. The highest BCUT2D eigenvalue weighted by molar-refractivity contribution is 5.61. The molecule has 0 amide bonds. The van der Waals surface area contributed by atoms with Crippen LogP contribution in [0.2, 0.25) is 0 Å². The Morgan fingerprint density at radius 3 is 3.00 bits per heavy atom.